The van der Waals surface area contributed by atoms with Crippen LogP contribution in [0.25, 0.3) is 11.4 Å². The van der Waals surface area contributed by atoms with Gasteiger partial charge in [0, 0.05) is 25.0 Å². The van der Waals surface area contributed by atoms with E-state index in [4.69, 9.17) is 0 Å². The number of carbonyl (C=O) groups excluding carboxylic acids is 1. The lowest BCUT2D eigenvalue weighted by Crippen LogP contribution is -2.31. The number of H-pyrrole nitrogens is 1. The maximum Gasteiger partial charge on any atom is 0.233 e. The average molecular weight is 353 g/mol. The summed E-state index contributed by atoms with van der Waals surface area (Å²) in [5.41, 5.74) is 2.02. The summed E-state index contributed by atoms with van der Waals surface area (Å²) in [5, 5.41) is 7.61. The number of rotatable bonds is 6. The van der Waals surface area contributed by atoms with E-state index < -0.39 is 0 Å². The smallest absolute Gasteiger partial charge is 0.233 e. The summed E-state index contributed by atoms with van der Waals surface area (Å²) in [7, 11) is 1.82. The fraction of sp³-hybridized carbons (Fsp3) is 0.222. The van der Waals surface area contributed by atoms with Gasteiger partial charge in [-0.1, -0.05) is 42.1 Å². The highest BCUT2D eigenvalue weighted by atomic mass is 32.2. The summed E-state index contributed by atoms with van der Waals surface area (Å²) in [6.07, 6.45) is 3.41. The molecule has 0 spiro atoms. The van der Waals surface area contributed by atoms with E-state index in [0.29, 0.717) is 16.7 Å². The molecule has 25 heavy (non-hydrogen) atoms. The molecule has 0 saturated heterocycles. The Balaban J connectivity index is 1.58. The molecule has 1 aromatic carbocycles. The average Bonchev–Trinajstić information content (AvgIpc) is 3.15. The number of hydrogen-bond donors (Lipinski definition) is 1. The molecule has 2 aromatic heterocycles. The second-order valence-electron chi connectivity index (χ2n) is 5.58. The Kier molecular flexibility index (Phi) is 5.45. The second kappa shape index (κ2) is 7.94. The molecule has 3 aromatic rings. The van der Waals surface area contributed by atoms with Gasteiger partial charge >= 0.3 is 0 Å². The number of pyridine rings is 1. The van der Waals surface area contributed by atoms with Crippen molar-refractivity contribution in [1.29, 1.82) is 0 Å². The molecule has 0 aliphatic rings. The van der Waals surface area contributed by atoms with E-state index in [0.717, 1.165) is 11.1 Å². The van der Waals surface area contributed by atoms with Gasteiger partial charge in [0.05, 0.1) is 11.8 Å². The van der Waals surface area contributed by atoms with Crippen molar-refractivity contribution in [2.45, 2.75) is 18.1 Å². The van der Waals surface area contributed by atoms with Crippen LogP contribution in [0.4, 0.5) is 0 Å². The minimum Gasteiger partial charge on any atom is -0.338 e. The number of amides is 1. The van der Waals surface area contributed by atoms with Crippen molar-refractivity contribution in [1.82, 2.24) is 25.1 Å². The number of thioether (sulfide) groups is 1. The van der Waals surface area contributed by atoms with Gasteiger partial charge < -0.3 is 4.90 Å². The van der Waals surface area contributed by atoms with Gasteiger partial charge in [0.25, 0.3) is 0 Å². The number of hydrogen-bond acceptors (Lipinski definition) is 5. The number of carbonyl (C=O) groups is 1. The SMILES string of the molecule is C[C@H](c1ccccc1)N(C)C(=O)CSc1n[nH]c(-c2ccncc2)n1. The molecule has 0 saturated carbocycles. The van der Waals surface area contributed by atoms with Crippen LogP contribution in [0, 0.1) is 0 Å². The highest BCUT2D eigenvalue weighted by molar-refractivity contribution is 7.99. The lowest BCUT2D eigenvalue weighted by atomic mass is 10.1. The molecule has 0 bridgehead atoms. The highest BCUT2D eigenvalue weighted by Gasteiger charge is 2.18. The third kappa shape index (κ3) is 4.24. The van der Waals surface area contributed by atoms with Crippen LogP contribution in [-0.4, -0.2) is 43.8 Å². The van der Waals surface area contributed by atoms with Crippen LogP contribution in [0.2, 0.25) is 0 Å². The normalized spacial score (nSPS) is 11.9. The second-order valence-corrected chi connectivity index (χ2v) is 6.52. The minimum atomic E-state index is 0.0221. The van der Waals surface area contributed by atoms with E-state index in [1.165, 1.54) is 11.8 Å². The third-order valence-electron chi connectivity index (χ3n) is 4.00. The summed E-state index contributed by atoms with van der Waals surface area (Å²) in [4.78, 5) is 22.6. The molecule has 128 valence electrons. The molecule has 0 unspecified atom stereocenters. The van der Waals surface area contributed by atoms with Gasteiger partial charge in [0.2, 0.25) is 11.1 Å². The monoisotopic (exact) mass is 353 g/mol. The van der Waals surface area contributed by atoms with Gasteiger partial charge in [0.15, 0.2) is 5.82 Å². The van der Waals surface area contributed by atoms with E-state index in [2.05, 4.69) is 20.2 Å². The molecule has 7 heteroatoms. The molecule has 0 aliphatic carbocycles. The zero-order valence-electron chi connectivity index (χ0n) is 14.1. The molecule has 6 nitrogen and oxygen atoms in total. The first-order chi connectivity index (χ1) is 12.1. The summed E-state index contributed by atoms with van der Waals surface area (Å²) in [6, 6.07) is 13.7. The first kappa shape index (κ1) is 17.2. The number of nitrogens with zero attached hydrogens (tertiary/aromatic N) is 4. The van der Waals surface area contributed by atoms with Gasteiger partial charge in [-0.2, -0.15) is 0 Å². The van der Waals surface area contributed by atoms with E-state index in [-0.39, 0.29) is 11.9 Å². The van der Waals surface area contributed by atoms with Gasteiger partial charge in [-0.05, 0) is 24.6 Å². The van der Waals surface area contributed by atoms with Crippen molar-refractivity contribution in [3.63, 3.8) is 0 Å². The van der Waals surface area contributed by atoms with Crippen LogP contribution >= 0.6 is 11.8 Å². The molecular formula is C18H19N5OS. The summed E-state index contributed by atoms with van der Waals surface area (Å²) >= 11 is 1.32. The van der Waals surface area contributed by atoms with Gasteiger partial charge in [-0.15, -0.1) is 5.10 Å². The molecule has 2 heterocycles. The molecule has 0 aliphatic heterocycles. The Hall–Kier alpha value is -2.67. The maximum absolute atomic E-state index is 12.4. The van der Waals surface area contributed by atoms with E-state index in [9.17, 15) is 4.79 Å². The van der Waals surface area contributed by atoms with Crippen LogP contribution < -0.4 is 0 Å². The number of aromatic nitrogens is 4. The molecule has 3 rings (SSSR count). The lowest BCUT2D eigenvalue weighted by molar-refractivity contribution is -0.128. The zero-order valence-corrected chi connectivity index (χ0v) is 14.9. The van der Waals surface area contributed by atoms with Gasteiger partial charge in [0.1, 0.15) is 0 Å². The molecule has 0 fully saturated rings. The van der Waals surface area contributed by atoms with Crippen molar-refractivity contribution in [3.8, 4) is 11.4 Å². The van der Waals surface area contributed by atoms with Crippen molar-refractivity contribution in [2.24, 2.45) is 0 Å². The van der Waals surface area contributed by atoms with Crippen LogP contribution in [0.15, 0.2) is 60.0 Å². The summed E-state index contributed by atoms with van der Waals surface area (Å²) in [6.45, 7) is 2.02. The summed E-state index contributed by atoms with van der Waals surface area (Å²) < 4.78 is 0. The number of aromatic amines is 1. The summed E-state index contributed by atoms with van der Waals surface area (Å²) in [5.74, 6) is 1.00. The topological polar surface area (TPSA) is 74.8 Å². The molecule has 0 radical (unpaired) electrons. The Morgan fingerprint density at radius 3 is 2.64 bits per heavy atom. The van der Waals surface area contributed by atoms with Crippen molar-refractivity contribution < 1.29 is 4.79 Å². The Labute approximate surface area is 150 Å². The Morgan fingerprint density at radius 2 is 1.92 bits per heavy atom. The fourth-order valence-corrected chi connectivity index (χ4v) is 3.07. The lowest BCUT2D eigenvalue weighted by Gasteiger charge is -2.25. The van der Waals surface area contributed by atoms with E-state index in [1.807, 2.05) is 56.4 Å². The predicted molar refractivity (Wildman–Crippen MR) is 98.0 cm³/mol. The van der Waals surface area contributed by atoms with Gasteiger partial charge in [-0.3, -0.25) is 14.9 Å². The Bertz CT molecular complexity index is 822. The molecule has 1 atom stereocenters. The Morgan fingerprint density at radius 1 is 1.20 bits per heavy atom. The number of benzene rings is 1. The van der Waals surface area contributed by atoms with Crippen LogP contribution in [-0.2, 0) is 4.79 Å². The highest BCUT2D eigenvalue weighted by Crippen LogP contribution is 2.22. The van der Waals surface area contributed by atoms with Gasteiger partial charge in [-0.25, -0.2) is 4.98 Å². The van der Waals surface area contributed by atoms with Crippen molar-refractivity contribution in [3.05, 3.63) is 60.4 Å². The first-order valence-electron chi connectivity index (χ1n) is 7.91. The largest absolute Gasteiger partial charge is 0.338 e. The van der Waals surface area contributed by atoms with Crippen molar-refractivity contribution in [2.75, 3.05) is 12.8 Å². The van der Waals surface area contributed by atoms with Crippen LogP contribution in [0.1, 0.15) is 18.5 Å². The van der Waals surface area contributed by atoms with E-state index in [1.54, 1.807) is 17.3 Å². The molecular weight excluding hydrogens is 334 g/mol. The fourth-order valence-electron chi connectivity index (χ4n) is 2.35. The first-order valence-corrected chi connectivity index (χ1v) is 8.90. The predicted octanol–water partition coefficient (Wildman–Crippen LogP) is 3.18. The third-order valence-corrected chi connectivity index (χ3v) is 4.83. The quantitative estimate of drug-likeness (QED) is 0.689. The zero-order chi connectivity index (χ0) is 17.6. The molecule has 1 amide bonds. The molecule has 1 N–H and O–H groups in total. The van der Waals surface area contributed by atoms with Crippen molar-refractivity contribution >= 4 is 17.7 Å². The standard InChI is InChI=1S/C18H19N5OS/c1-13(14-6-4-3-5-7-14)23(2)16(24)12-25-18-20-17(21-22-18)15-8-10-19-11-9-15/h3-11,13H,12H2,1-2H3,(H,20,21,22)/t13-/m1/s1. The maximum atomic E-state index is 12.4. The van der Waals surface area contributed by atoms with Crippen LogP contribution in [0.3, 0.4) is 0 Å². The number of nitrogens with one attached hydrogen (secondary N) is 1. The van der Waals surface area contributed by atoms with Crippen LogP contribution in [0.5, 0.6) is 0 Å². The van der Waals surface area contributed by atoms with E-state index >= 15 is 0 Å². The minimum absolute atomic E-state index is 0.0221.